The van der Waals surface area contributed by atoms with E-state index in [2.05, 4.69) is 5.32 Å². The highest BCUT2D eigenvalue weighted by molar-refractivity contribution is 5.91. The zero-order chi connectivity index (χ0) is 15.2. The van der Waals surface area contributed by atoms with E-state index in [0.29, 0.717) is 22.6 Å². The van der Waals surface area contributed by atoms with Crippen molar-refractivity contribution in [2.75, 3.05) is 11.9 Å². The Kier molecular flexibility index (Phi) is 4.52. The first-order valence-electron chi connectivity index (χ1n) is 6.27. The number of carbonyl (C=O) groups excluding carboxylic acids is 1. The molecule has 0 saturated carbocycles. The molecule has 0 aliphatic rings. The van der Waals surface area contributed by atoms with Crippen LogP contribution < -0.4 is 10.1 Å². The molecule has 0 atom stereocenters. The summed E-state index contributed by atoms with van der Waals surface area (Å²) in [5, 5.41) is 11.3. The van der Waals surface area contributed by atoms with E-state index in [0.717, 1.165) is 0 Å². The van der Waals surface area contributed by atoms with Crippen molar-refractivity contribution in [3.8, 4) is 11.8 Å². The number of anilines is 1. The molecule has 0 aliphatic carbocycles. The highest BCUT2D eigenvalue weighted by Crippen LogP contribution is 2.14. The van der Waals surface area contributed by atoms with E-state index < -0.39 is 0 Å². The van der Waals surface area contributed by atoms with E-state index in [9.17, 15) is 9.18 Å². The number of ether oxygens (including phenoxy) is 1. The summed E-state index contributed by atoms with van der Waals surface area (Å²) >= 11 is 0. The third-order valence-corrected chi connectivity index (χ3v) is 2.80. The predicted octanol–water partition coefficient (Wildman–Crippen LogP) is 3.02. The number of halogens is 1. The van der Waals surface area contributed by atoms with Gasteiger partial charge in [-0.05, 0) is 55.0 Å². The maximum atomic E-state index is 13.1. The number of amides is 1. The number of benzene rings is 2. The molecular weight excluding hydrogens is 271 g/mol. The van der Waals surface area contributed by atoms with Gasteiger partial charge in [-0.1, -0.05) is 0 Å². The fourth-order valence-corrected chi connectivity index (χ4v) is 1.69. The molecule has 2 aromatic carbocycles. The number of rotatable bonds is 4. The van der Waals surface area contributed by atoms with Crippen LogP contribution in [-0.2, 0) is 4.79 Å². The van der Waals surface area contributed by atoms with E-state index in [4.69, 9.17) is 10.00 Å². The highest BCUT2D eigenvalue weighted by atomic mass is 19.1. The van der Waals surface area contributed by atoms with Crippen molar-refractivity contribution in [2.24, 2.45) is 0 Å². The Bertz CT molecular complexity index is 690. The van der Waals surface area contributed by atoms with Crippen LogP contribution in [0.3, 0.4) is 0 Å². The lowest BCUT2D eigenvalue weighted by Crippen LogP contribution is -2.20. The van der Waals surface area contributed by atoms with Crippen molar-refractivity contribution in [3.05, 3.63) is 59.4 Å². The SMILES string of the molecule is Cc1cc(NC(=O)COc2ccc(C#N)cc2)ccc1F. The molecule has 1 amide bonds. The molecule has 4 nitrogen and oxygen atoms in total. The molecule has 0 aliphatic heterocycles. The molecule has 0 heterocycles. The maximum absolute atomic E-state index is 13.1. The largest absolute Gasteiger partial charge is 0.484 e. The van der Waals surface area contributed by atoms with Crippen molar-refractivity contribution in [3.63, 3.8) is 0 Å². The summed E-state index contributed by atoms with van der Waals surface area (Å²) < 4.78 is 18.4. The molecule has 21 heavy (non-hydrogen) atoms. The van der Waals surface area contributed by atoms with Gasteiger partial charge in [0, 0.05) is 5.69 Å². The van der Waals surface area contributed by atoms with Crippen molar-refractivity contribution < 1.29 is 13.9 Å². The van der Waals surface area contributed by atoms with E-state index in [-0.39, 0.29) is 18.3 Å². The molecule has 0 aromatic heterocycles. The van der Waals surface area contributed by atoms with Crippen LogP contribution in [-0.4, -0.2) is 12.5 Å². The average molecular weight is 284 g/mol. The average Bonchev–Trinajstić information content (AvgIpc) is 2.49. The number of aryl methyl sites for hydroxylation is 1. The third kappa shape index (κ3) is 4.05. The molecule has 106 valence electrons. The second-order valence-electron chi connectivity index (χ2n) is 4.44. The summed E-state index contributed by atoms with van der Waals surface area (Å²) in [6, 6.07) is 12.8. The molecule has 1 N–H and O–H groups in total. The van der Waals surface area contributed by atoms with Crippen LogP contribution in [0.2, 0.25) is 0 Å². The Morgan fingerprint density at radius 1 is 1.29 bits per heavy atom. The summed E-state index contributed by atoms with van der Waals surface area (Å²) in [6.07, 6.45) is 0. The molecule has 0 radical (unpaired) electrons. The van der Waals surface area contributed by atoms with Gasteiger partial charge in [0.05, 0.1) is 11.6 Å². The predicted molar refractivity (Wildman–Crippen MR) is 76.4 cm³/mol. The summed E-state index contributed by atoms with van der Waals surface area (Å²) in [5.74, 6) is -0.161. The van der Waals surface area contributed by atoms with Crippen LogP contribution in [0.4, 0.5) is 10.1 Å². The lowest BCUT2D eigenvalue weighted by molar-refractivity contribution is -0.118. The molecule has 0 spiro atoms. The third-order valence-electron chi connectivity index (χ3n) is 2.80. The van der Waals surface area contributed by atoms with Gasteiger partial charge in [0.2, 0.25) is 0 Å². The van der Waals surface area contributed by atoms with Crippen LogP contribution >= 0.6 is 0 Å². The van der Waals surface area contributed by atoms with Crippen molar-refractivity contribution in [1.29, 1.82) is 5.26 Å². The van der Waals surface area contributed by atoms with Crippen LogP contribution in [0.5, 0.6) is 5.75 Å². The van der Waals surface area contributed by atoms with Crippen molar-refractivity contribution in [2.45, 2.75) is 6.92 Å². The Balaban J connectivity index is 1.89. The Labute approximate surface area is 121 Å². The molecule has 5 heteroatoms. The molecule has 0 fully saturated rings. The van der Waals surface area contributed by atoms with Crippen LogP contribution in [0.25, 0.3) is 0 Å². The van der Waals surface area contributed by atoms with Crippen LogP contribution in [0.15, 0.2) is 42.5 Å². The maximum Gasteiger partial charge on any atom is 0.262 e. The number of nitriles is 1. The van der Waals surface area contributed by atoms with E-state index in [1.54, 1.807) is 37.3 Å². The molecule has 2 aromatic rings. The Hall–Kier alpha value is -2.87. The van der Waals surface area contributed by atoms with Gasteiger partial charge < -0.3 is 10.1 Å². The second-order valence-corrected chi connectivity index (χ2v) is 4.44. The number of nitrogens with zero attached hydrogens (tertiary/aromatic N) is 1. The van der Waals surface area contributed by atoms with Gasteiger partial charge in [0.1, 0.15) is 11.6 Å². The zero-order valence-corrected chi connectivity index (χ0v) is 11.4. The number of carbonyl (C=O) groups is 1. The Morgan fingerprint density at radius 3 is 2.62 bits per heavy atom. The van der Waals surface area contributed by atoms with Gasteiger partial charge in [0.15, 0.2) is 6.61 Å². The van der Waals surface area contributed by atoms with Crippen molar-refractivity contribution in [1.82, 2.24) is 0 Å². The van der Waals surface area contributed by atoms with E-state index in [1.165, 1.54) is 12.1 Å². The van der Waals surface area contributed by atoms with Crippen LogP contribution in [0.1, 0.15) is 11.1 Å². The first-order chi connectivity index (χ1) is 10.1. The standard InChI is InChI=1S/C16H13FN2O2/c1-11-8-13(4-7-15(11)17)19-16(20)10-21-14-5-2-12(9-18)3-6-14/h2-8H,10H2,1H3,(H,19,20). The fourth-order valence-electron chi connectivity index (χ4n) is 1.69. The minimum absolute atomic E-state index is 0.164. The van der Waals surface area contributed by atoms with E-state index in [1.807, 2.05) is 6.07 Å². The van der Waals surface area contributed by atoms with Crippen molar-refractivity contribution >= 4 is 11.6 Å². The summed E-state index contributed by atoms with van der Waals surface area (Å²) in [6.45, 7) is 1.46. The topological polar surface area (TPSA) is 62.1 Å². The number of hydrogen-bond donors (Lipinski definition) is 1. The lowest BCUT2D eigenvalue weighted by atomic mass is 10.2. The van der Waals surface area contributed by atoms with Gasteiger partial charge >= 0.3 is 0 Å². The monoisotopic (exact) mass is 284 g/mol. The first kappa shape index (κ1) is 14.5. The highest BCUT2D eigenvalue weighted by Gasteiger charge is 2.05. The summed E-state index contributed by atoms with van der Waals surface area (Å²) in [5.41, 5.74) is 1.50. The summed E-state index contributed by atoms with van der Waals surface area (Å²) in [4.78, 5) is 11.7. The van der Waals surface area contributed by atoms with E-state index >= 15 is 0 Å². The zero-order valence-electron chi connectivity index (χ0n) is 11.4. The fraction of sp³-hybridized carbons (Fsp3) is 0.125. The summed E-state index contributed by atoms with van der Waals surface area (Å²) in [7, 11) is 0. The second kappa shape index (κ2) is 6.53. The van der Waals surface area contributed by atoms with Crippen LogP contribution in [0, 0.1) is 24.1 Å². The smallest absolute Gasteiger partial charge is 0.262 e. The van der Waals surface area contributed by atoms with Gasteiger partial charge in [-0.25, -0.2) is 4.39 Å². The first-order valence-corrected chi connectivity index (χ1v) is 6.27. The minimum atomic E-state index is -0.342. The molecule has 0 bridgehead atoms. The van der Waals surface area contributed by atoms with Gasteiger partial charge in [-0.15, -0.1) is 0 Å². The molecule has 0 unspecified atom stereocenters. The van der Waals surface area contributed by atoms with Gasteiger partial charge in [0.25, 0.3) is 5.91 Å². The lowest BCUT2D eigenvalue weighted by Gasteiger charge is -2.08. The quantitative estimate of drug-likeness (QED) is 0.938. The van der Waals surface area contributed by atoms with Gasteiger partial charge in [-0.2, -0.15) is 5.26 Å². The molecule has 0 saturated heterocycles. The molecular formula is C16H13FN2O2. The Morgan fingerprint density at radius 2 is 2.00 bits per heavy atom. The molecule has 2 rings (SSSR count). The normalized spacial score (nSPS) is 9.76. The number of nitrogens with one attached hydrogen (secondary N) is 1. The minimum Gasteiger partial charge on any atom is -0.484 e. The number of hydrogen-bond acceptors (Lipinski definition) is 3. The van der Waals surface area contributed by atoms with Gasteiger partial charge in [-0.3, -0.25) is 4.79 Å².